The summed E-state index contributed by atoms with van der Waals surface area (Å²) in [6, 6.07) is 11.0. The van der Waals surface area contributed by atoms with Crippen molar-refractivity contribution in [3.8, 4) is 0 Å². The number of piperidine rings is 1. The molecular formula is C13H15N. The Morgan fingerprint density at radius 3 is 2.64 bits per heavy atom. The summed E-state index contributed by atoms with van der Waals surface area (Å²) in [5.41, 5.74) is 2.09. The molecule has 3 aliphatic rings. The highest BCUT2D eigenvalue weighted by atomic mass is 15.3. The molecule has 2 unspecified atom stereocenters. The van der Waals surface area contributed by atoms with Crippen molar-refractivity contribution in [1.29, 1.82) is 0 Å². The molecule has 0 amide bonds. The first-order valence-corrected chi connectivity index (χ1v) is 5.73. The van der Waals surface area contributed by atoms with Crippen molar-refractivity contribution >= 4 is 5.69 Å². The molecule has 1 saturated heterocycles. The largest absolute Gasteiger partial charge is 0.365 e. The van der Waals surface area contributed by atoms with E-state index in [0.29, 0.717) is 5.54 Å². The summed E-state index contributed by atoms with van der Waals surface area (Å²) in [5, 5.41) is 0. The van der Waals surface area contributed by atoms with E-state index in [9.17, 15) is 0 Å². The number of anilines is 1. The van der Waals surface area contributed by atoms with Gasteiger partial charge in [0.2, 0.25) is 0 Å². The van der Waals surface area contributed by atoms with Gasteiger partial charge in [0.05, 0.1) is 0 Å². The molecule has 1 heterocycles. The van der Waals surface area contributed by atoms with Gasteiger partial charge >= 0.3 is 0 Å². The lowest BCUT2D eigenvalue weighted by Crippen LogP contribution is -2.34. The highest BCUT2D eigenvalue weighted by molar-refractivity contribution is 5.55. The van der Waals surface area contributed by atoms with Crippen LogP contribution >= 0.6 is 0 Å². The van der Waals surface area contributed by atoms with Crippen LogP contribution in [0.1, 0.15) is 19.3 Å². The molecule has 1 aromatic rings. The molecule has 2 atom stereocenters. The topological polar surface area (TPSA) is 3.24 Å². The number of benzene rings is 1. The lowest BCUT2D eigenvalue weighted by molar-refractivity contribution is 0.589. The molecule has 1 aliphatic heterocycles. The molecule has 0 aromatic heterocycles. The summed E-state index contributed by atoms with van der Waals surface area (Å²) < 4.78 is 0. The SMILES string of the molecule is c1ccc(N2CC3CC3C23CC3)cc1. The van der Waals surface area contributed by atoms with Gasteiger partial charge in [0.25, 0.3) is 0 Å². The Hall–Kier alpha value is -0.980. The first kappa shape index (κ1) is 7.33. The summed E-state index contributed by atoms with van der Waals surface area (Å²) >= 11 is 0. The van der Waals surface area contributed by atoms with Crippen LogP contribution in [0.5, 0.6) is 0 Å². The number of fused-ring (bicyclic) bond motifs is 2. The van der Waals surface area contributed by atoms with Crippen molar-refractivity contribution in [3.63, 3.8) is 0 Å². The normalized spacial score (nSPS) is 35.9. The van der Waals surface area contributed by atoms with E-state index in [2.05, 4.69) is 35.2 Å². The van der Waals surface area contributed by atoms with Gasteiger partial charge in [-0.2, -0.15) is 0 Å². The molecule has 14 heavy (non-hydrogen) atoms. The minimum absolute atomic E-state index is 0.631. The van der Waals surface area contributed by atoms with Crippen molar-refractivity contribution in [2.45, 2.75) is 24.8 Å². The first-order chi connectivity index (χ1) is 6.90. The number of para-hydroxylation sites is 1. The highest BCUT2D eigenvalue weighted by Crippen LogP contribution is 2.66. The third kappa shape index (κ3) is 0.765. The van der Waals surface area contributed by atoms with Crippen LogP contribution in [0.3, 0.4) is 0 Å². The van der Waals surface area contributed by atoms with Gasteiger partial charge in [0, 0.05) is 17.8 Å². The smallest absolute Gasteiger partial charge is 0.0435 e. The zero-order chi connectivity index (χ0) is 9.17. The van der Waals surface area contributed by atoms with E-state index >= 15 is 0 Å². The Morgan fingerprint density at radius 2 is 1.93 bits per heavy atom. The molecule has 1 heteroatoms. The van der Waals surface area contributed by atoms with E-state index in [0.717, 1.165) is 11.8 Å². The minimum Gasteiger partial charge on any atom is -0.365 e. The van der Waals surface area contributed by atoms with Crippen molar-refractivity contribution in [3.05, 3.63) is 30.3 Å². The van der Waals surface area contributed by atoms with Gasteiger partial charge in [-0.05, 0) is 43.2 Å². The first-order valence-electron chi connectivity index (χ1n) is 5.73. The van der Waals surface area contributed by atoms with Gasteiger partial charge < -0.3 is 4.90 Å². The molecule has 2 saturated carbocycles. The summed E-state index contributed by atoms with van der Waals surface area (Å²) in [4.78, 5) is 2.69. The van der Waals surface area contributed by atoms with E-state index in [1.54, 1.807) is 0 Å². The van der Waals surface area contributed by atoms with Crippen LogP contribution in [0, 0.1) is 11.8 Å². The summed E-state index contributed by atoms with van der Waals surface area (Å²) in [6.45, 7) is 1.33. The predicted octanol–water partition coefficient (Wildman–Crippen LogP) is 2.68. The molecule has 3 fully saturated rings. The van der Waals surface area contributed by atoms with E-state index in [4.69, 9.17) is 0 Å². The Kier molecular flexibility index (Phi) is 1.13. The maximum absolute atomic E-state index is 2.69. The summed E-state index contributed by atoms with van der Waals surface area (Å²) in [5.74, 6) is 2.10. The maximum atomic E-state index is 2.69. The molecule has 4 rings (SSSR count). The Labute approximate surface area is 84.7 Å². The summed E-state index contributed by atoms with van der Waals surface area (Å²) in [6.07, 6.45) is 4.41. The molecule has 1 spiro atoms. The van der Waals surface area contributed by atoms with Crippen LogP contribution in [0.2, 0.25) is 0 Å². The van der Waals surface area contributed by atoms with Crippen molar-refractivity contribution in [2.24, 2.45) is 11.8 Å². The lowest BCUT2D eigenvalue weighted by Gasteiger charge is -2.29. The van der Waals surface area contributed by atoms with Gasteiger partial charge in [0.1, 0.15) is 0 Å². The Bertz CT molecular complexity index is 366. The van der Waals surface area contributed by atoms with Crippen molar-refractivity contribution in [1.82, 2.24) is 0 Å². The molecule has 72 valence electrons. The van der Waals surface area contributed by atoms with Crippen LogP contribution in [0.15, 0.2) is 30.3 Å². The van der Waals surface area contributed by atoms with E-state index in [-0.39, 0.29) is 0 Å². The van der Waals surface area contributed by atoms with Crippen LogP contribution in [0.25, 0.3) is 0 Å². The second kappa shape index (κ2) is 2.16. The standard InChI is InChI=1S/C13H15N/c1-2-4-11(5-3-1)14-9-10-8-12(10)13(14)6-7-13/h1-5,10,12H,6-9H2. The van der Waals surface area contributed by atoms with Gasteiger partial charge in [-0.3, -0.25) is 0 Å². The molecule has 0 bridgehead atoms. The Morgan fingerprint density at radius 1 is 1.14 bits per heavy atom. The number of hydrogen-bond acceptors (Lipinski definition) is 1. The van der Waals surface area contributed by atoms with E-state index < -0.39 is 0 Å². The van der Waals surface area contributed by atoms with Crippen LogP contribution in [-0.4, -0.2) is 12.1 Å². The molecule has 0 radical (unpaired) electrons. The van der Waals surface area contributed by atoms with Gasteiger partial charge in [-0.1, -0.05) is 18.2 Å². The third-order valence-electron chi connectivity index (χ3n) is 4.40. The van der Waals surface area contributed by atoms with Gasteiger partial charge in [-0.25, -0.2) is 0 Å². The number of nitrogens with zero attached hydrogens (tertiary/aromatic N) is 1. The molecule has 1 aromatic carbocycles. The molecule has 1 nitrogen and oxygen atoms in total. The third-order valence-corrected chi connectivity index (χ3v) is 4.40. The second-order valence-corrected chi connectivity index (χ2v) is 5.15. The monoisotopic (exact) mass is 185 g/mol. The van der Waals surface area contributed by atoms with E-state index in [1.807, 2.05) is 0 Å². The fourth-order valence-electron chi connectivity index (χ4n) is 3.46. The predicted molar refractivity (Wildman–Crippen MR) is 57.4 cm³/mol. The highest BCUT2D eigenvalue weighted by Gasteiger charge is 2.67. The van der Waals surface area contributed by atoms with Crippen LogP contribution < -0.4 is 4.90 Å². The Balaban J connectivity index is 1.74. The number of hydrogen-bond donors (Lipinski definition) is 0. The van der Waals surface area contributed by atoms with Crippen LogP contribution in [-0.2, 0) is 0 Å². The fourth-order valence-corrected chi connectivity index (χ4v) is 3.46. The fraction of sp³-hybridized carbons (Fsp3) is 0.538. The average Bonchev–Trinajstić information content (AvgIpc) is 3.07. The zero-order valence-electron chi connectivity index (χ0n) is 8.32. The lowest BCUT2D eigenvalue weighted by atomic mass is 10.1. The molecule has 0 N–H and O–H groups in total. The van der Waals surface area contributed by atoms with Gasteiger partial charge in [-0.15, -0.1) is 0 Å². The number of rotatable bonds is 1. The van der Waals surface area contributed by atoms with Gasteiger partial charge in [0.15, 0.2) is 0 Å². The van der Waals surface area contributed by atoms with Crippen molar-refractivity contribution in [2.75, 3.05) is 11.4 Å². The van der Waals surface area contributed by atoms with E-state index in [1.165, 1.54) is 31.5 Å². The minimum atomic E-state index is 0.631. The zero-order valence-corrected chi connectivity index (χ0v) is 8.32. The molecule has 2 aliphatic carbocycles. The second-order valence-electron chi connectivity index (χ2n) is 5.15. The molecular weight excluding hydrogens is 170 g/mol. The summed E-state index contributed by atoms with van der Waals surface area (Å²) in [7, 11) is 0. The van der Waals surface area contributed by atoms with Crippen molar-refractivity contribution < 1.29 is 0 Å². The quantitative estimate of drug-likeness (QED) is 0.650. The maximum Gasteiger partial charge on any atom is 0.0435 e. The average molecular weight is 185 g/mol. The van der Waals surface area contributed by atoms with Crippen LogP contribution in [0.4, 0.5) is 5.69 Å².